The molecule has 0 radical (unpaired) electrons. The zero-order chi connectivity index (χ0) is 8.27. The average Bonchev–Trinajstić information content (AvgIpc) is 2.50. The van der Waals surface area contributed by atoms with Crippen molar-refractivity contribution in [2.75, 3.05) is 19.7 Å². The van der Waals surface area contributed by atoms with Crippen molar-refractivity contribution in [3.8, 4) is 12.3 Å². The van der Waals surface area contributed by atoms with Crippen LogP contribution in [0.25, 0.3) is 0 Å². The molecule has 1 atom stereocenters. The molecule has 60 valence electrons. The third-order valence-corrected chi connectivity index (χ3v) is 1.95. The molecule has 1 amide bonds. The number of terminal acetylenes is 1. The van der Waals surface area contributed by atoms with Gasteiger partial charge in [-0.2, -0.15) is 0 Å². The van der Waals surface area contributed by atoms with E-state index in [2.05, 4.69) is 5.92 Å². The fourth-order valence-corrected chi connectivity index (χ4v) is 1.26. The van der Waals surface area contributed by atoms with E-state index in [0.29, 0.717) is 13.1 Å². The lowest BCUT2D eigenvalue weighted by Gasteiger charge is -2.11. The van der Waals surface area contributed by atoms with Gasteiger partial charge in [-0.25, -0.2) is 0 Å². The molecule has 1 aliphatic rings. The normalized spacial score (nSPS) is 23.3. The fourth-order valence-electron chi connectivity index (χ4n) is 1.26. The fraction of sp³-hybridized carbons (Fsp3) is 0.625. The predicted molar refractivity (Wildman–Crippen MR) is 40.6 cm³/mol. The maximum atomic E-state index is 10.9. The molecule has 1 unspecified atom stereocenters. The summed E-state index contributed by atoms with van der Waals surface area (Å²) in [6.45, 7) is 1.45. The van der Waals surface area contributed by atoms with Gasteiger partial charge in [-0.05, 0) is 12.3 Å². The molecule has 3 nitrogen and oxygen atoms in total. The van der Waals surface area contributed by atoms with Crippen molar-refractivity contribution in [1.82, 2.24) is 4.90 Å². The molecule has 1 fully saturated rings. The summed E-state index contributed by atoms with van der Waals surface area (Å²) < 4.78 is 0. The molecule has 0 saturated carbocycles. The Kier molecular flexibility index (Phi) is 2.50. The molecule has 0 spiro atoms. The van der Waals surface area contributed by atoms with Crippen LogP contribution in [-0.2, 0) is 4.79 Å². The van der Waals surface area contributed by atoms with E-state index in [4.69, 9.17) is 11.5 Å². The van der Waals surface area contributed by atoms with E-state index in [-0.39, 0.29) is 18.4 Å². The van der Waals surface area contributed by atoms with E-state index in [0.717, 1.165) is 6.42 Å². The van der Waals surface area contributed by atoms with E-state index >= 15 is 0 Å². The molecule has 0 aromatic rings. The summed E-state index contributed by atoms with van der Waals surface area (Å²) in [5, 5.41) is 8.75. The van der Waals surface area contributed by atoms with E-state index in [1.807, 2.05) is 0 Å². The second-order valence-corrected chi connectivity index (χ2v) is 2.73. The van der Waals surface area contributed by atoms with Crippen LogP contribution in [0.3, 0.4) is 0 Å². The molecule has 0 aromatic carbocycles. The number of aliphatic hydroxyl groups excluding tert-OH is 1. The minimum atomic E-state index is -0.263. The predicted octanol–water partition coefficient (Wildman–Crippen LogP) is -0.540. The first-order valence-corrected chi connectivity index (χ1v) is 3.64. The highest BCUT2D eigenvalue weighted by atomic mass is 16.3. The van der Waals surface area contributed by atoms with E-state index in [9.17, 15) is 4.79 Å². The number of aliphatic hydroxyl groups is 1. The number of rotatable bonds is 1. The van der Waals surface area contributed by atoms with Gasteiger partial charge in [-0.15, -0.1) is 6.42 Å². The Labute approximate surface area is 66.0 Å². The Morgan fingerprint density at radius 1 is 1.82 bits per heavy atom. The number of nitrogens with zero attached hydrogens (tertiary/aromatic N) is 1. The first-order valence-electron chi connectivity index (χ1n) is 3.64. The number of amides is 1. The summed E-state index contributed by atoms with van der Waals surface area (Å²) in [5.74, 6) is 2.02. The van der Waals surface area contributed by atoms with Gasteiger partial charge >= 0.3 is 0 Å². The van der Waals surface area contributed by atoms with E-state index in [1.54, 1.807) is 4.90 Å². The maximum absolute atomic E-state index is 10.9. The van der Waals surface area contributed by atoms with Crippen LogP contribution in [0, 0.1) is 18.3 Å². The summed E-state index contributed by atoms with van der Waals surface area (Å²) in [4.78, 5) is 12.5. The van der Waals surface area contributed by atoms with Crippen LogP contribution < -0.4 is 0 Å². The summed E-state index contributed by atoms with van der Waals surface area (Å²) in [5.41, 5.74) is 0. The van der Waals surface area contributed by atoms with Crippen molar-refractivity contribution in [3.05, 3.63) is 0 Å². The SMILES string of the molecule is C#CC(=O)N1CCC(CO)C1. The molecule has 1 saturated heterocycles. The van der Waals surface area contributed by atoms with Gasteiger partial charge in [0.05, 0.1) is 0 Å². The molecular weight excluding hydrogens is 142 g/mol. The van der Waals surface area contributed by atoms with E-state index in [1.165, 1.54) is 0 Å². The lowest BCUT2D eigenvalue weighted by atomic mass is 10.1. The molecule has 11 heavy (non-hydrogen) atoms. The van der Waals surface area contributed by atoms with Crippen LogP contribution in [0.1, 0.15) is 6.42 Å². The van der Waals surface area contributed by atoms with Gasteiger partial charge in [-0.3, -0.25) is 4.79 Å². The summed E-state index contributed by atoms with van der Waals surface area (Å²) in [6, 6.07) is 0. The van der Waals surface area contributed by atoms with Crippen LogP contribution >= 0.6 is 0 Å². The third kappa shape index (κ3) is 1.72. The minimum absolute atomic E-state index is 0.147. The van der Waals surface area contributed by atoms with Gasteiger partial charge < -0.3 is 10.0 Å². The molecule has 1 N–H and O–H groups in total. The first-order chi connectivity index (χ1) is 5.27. The number of carbonyl (C=O) groups is 1. The zero-order valence-electron chi connectivity index (χ0n) is 6.29. The van der Waals surface area contributed by atoms with E-state index < -0.39 is 0 Å². The number of hydrogen-bond donors (Lipinski definition) is 1. The van der Waals surface area contributed by atoms with Gasteiger partial charge in [0.2, 0.25) is 0 Å². The zero-order valence-corrected chi connectivity index (χ0v) is 6.29. The second-order valence-electron chi connectivity index (χ2n) is 2.73. The molecule has 0 aliphatic carbocycles. The van der Waals surface area contributed by atoms with Gasteiger partial charge in [0.25, 0.3) is 5.91 Å². The monoisotopic (exact) mass is 153 g/mol. The Balaban J connectivity index is 2.43. The molecule has 1 aliphatic heterocycles. The summed E-state index contributed by atoms with van der Waals surface area (Å²) in [7, 11) is 0. The second kappa shape index (κ2) is 3.40. The highest BCUT2D eigenvalue weighted by molar-refractivity contribution is 5.93. The molecular formula is C8H11NO2. The van der Waals surface area contributed by atoms with Crippen LogP contribution in [0.2, 0.25) is 0 Å². The summed E-state index contributed by atoms with van der Waals surface area (Å²) in [6.07, 6.45) is 5.80. The molecule has 1 rings (SSSR count). The molecule has 0 aromatic heterocycles. The molecule has 3 heteroatoms. The van der Waals surface area contributed by atoms with Crippen molar-refractivity contribution < 1.29 is 9.90 Å². The van der Waals surface area contributed by atoms with Crippen molar-refractivity contribution in [2.24, 2.45) is 5.92 Å². The largest absolute Gasteiger partial charge is 0.396 e. The standard InChI is InChI=1S/C8H11NO2/c1-2-8(11)9-4-3-7(5-9)6-10/h1,7,10H,3-6H2. The Bertz CT molecular complexity index is 195. The lowest BCUT2D eigenvalue weighted by molar-refractivity contribution is -0.124. The van der Waals surface area contributed by atoms with Crippen LogP contribution in [-0.4, -0.2) is 35.6 Å². The van der Waals surface area contributed by atoms with Gasteiger partial charge in [0.1, 0.15) is 0 Å². The third-order valence-electron chi connectivity index (χ3n) is 1.95. The number of hydrogen-bond acceptors (Lipinski definition) is 2. The maximum Gasteiger partial charge on any atom is 0.298 e. The average molecular weight is 153 g/mol. The minimum Gasteiger partial charge on any atom is -0.396 e. The highest BCUT2D eigenvalue weighted by Gasteiger charge is 2.24. The van der Waals surface area contributed by atoms with Crippen molar-refractivity contribution in [1.29, 1.82) is 0 Å². The Hall–Kier alpha value is -1.01. The van der Waals surface area contributed by atoms with Crippen molar-refractivity contribution in [2.45, 2.75) is 6.42 Å². The Morgan fingerprint density at radius 2 is 2.55 bits per heavy atom. The molecule has 0 bridgehead atoms. The smallest absolute Gasteiger partial charge is 0.298 e. The number of carbonyl (C=O) groups excluding carboxylic acids is 1. The first kappa shape index (κ1) is 8.09. The highest BCUT2D eigenvalue weighted by Crippen LogP contribution is 2.14. The van der Waals surface area contributed by atoms with Gasteiger partial charge in [0, 0.05) is 25.6 Å². The van der Waals surface area contributed by atoms with Crippen LogP contribution in [0.4, 0.5) is 0 Å². The Morgan fingerprint density at radius 3 is 3.00 bits per heavy atom. The number of likely N-dealkylation sites (tertiary alicyclic amines) is 1. The quantitative estimate of drug-likeness (QED) is 0.514. The lowest BCUT2D eigenvalue weighted by Crippen LogP contribution is -2.27. The van der Waals surface area contributed by atoms with Gasteiger partial charge in [0.15, 0.2) is 0 Å². The van der Waals surface area contributed by atoms with Crippen LogP contribution in [0.15, 0.2) is 0 Å². The van der Waals surface area contributed by atoms with Gasteiger partial charge in [-0.1, -0.05) is 0 Å². The topological polar surface area (TPSA) is 40.5 Å². The van der Waals surface area contributed by atoms with Crippen molar-refractivity contribution >= 4 is 5.91 Å². The van der Waals surface area contributed by atoms with Crippen LogP contribution in [0.5, 0.6) is 0 Å². The summed E-state index contributed by atoms with van der Waals surface area (Å²) >= 11 is 0. The van der Waals surface area contributed by atoms with Crippen molar-refractivity contribution in [3.63, 3.8) is 0 Å². The molecule has 1 heterocycles.